The normalized spacial score (nSPS) is 13.2. The minimum Gasteiger partial charge on any atom is -0.269 e. The van der Waals surface area contributed by atoms with Crippen molar-refractivity contribution < 1.29 is 8.42 Å². The maximum atomic E-state index is 13.1. The fourth-order valence-electron chi connectivity index (χ4n) is 3.46. The summed E-state index contributed by atoms with van der Waals surface area (Å²) in [6.07, 6.45) is 2.41. The lowest BCUT2D eigenvalue weighted by Gasteiger charge is -2.26. The van der Waals surface area contributed by atoms with Gasteiger partial charge in [-0.2, -0.15) is 5.10 Å². The molecule has 4 rings (SSSR count). The molecule has 0 atom stereocenters. The molecule has 2 aromatic carbocycles. The standard InChI is InChI=1S/C19H20N4O2S/c1-13-4-7-16(8-5-13)26(24,25)22(3)17-9-6-15-10-11-23-19(20-12-21-23)18(15)14(17)2/h4-9,12H,10-11H2,1-3H3. The van der Waals surface area contributed by atoms with Crippen LogP contribution in [-0.4, -0.2) is 30.2 Å². The number of hydrogen-bond donors (Lipinski definition) is 0. The number of sulfonamides is 1. The van der Waals surface area contributed by atoms with Crippen LogP contribution in [0.2, 0.25) is 0 Å². The molecule has 1 aliphatic heterocycles. The van der Waals surface area contributed by atoms with Gasteiger partial charge in [0.1, 0.15) is 6.33 Å². The van der Waals surface area contributed by atoms with E-state index in [2.05, 4.69) is 10.1 Å². The van der Waals surface area contributed by atoms with Crippen LogP contribution in [0, 0.1) is 13.8 Å². The molecule has 0 amide bonds. The summed E-state index contributed by atoms with van der Waals surface area (Å²) < 4.78 is 29.3. The zero-order chi connectivity index (χ0) is 18.5. The number of nitrogens with zero attached hydrogens (tertiary/aromatic N) is 4. The summed E-state index contributed by atoms with van der Waals surface area (Å²) in [5, 5.41) is 4.25. The Kier molecular flexibility index (Phi) is 3.84. The Morgan fingerprint density at radius 3 is 2.54 bits per heavy atom. The van der Waals surface area contributed by atoms with Crippen molar-refractivity contribution >= 4 is 15.7 Å². The number of aromatic nitrogens is 3. The van der Waals surface area contributed by atoms with Gasteiger partial charge in [-0.15, -0.1) is 0 Å². The Hall–Kier alpha value is -2.67. The molecule has 0 spiro atoms. The van der Waals surface area contributed by atoms with Crippen LogP contribution in [-0.2, 0) is 23.0 Å². The Bertz CT molecular complexity index is 1090. The molecule has 7 heteroatoms. The van der Waals surface area contributed by atoms with E-state index >= 15 is 0 Å². The molecule has 0 radical (unpaired) electrons. The Morgan fingerprint density at radius 1 is 1.08 bits per heavy atom. The molecule has 0 saturated heterocycles. The summed E-state index contributed by atoms with van der Waals surface area (Å²) in [6.45, 7) is 4.67. The van der Waals surface area contributed by atoms with E-state index in [1.165, 1.54) is 9.87 Å². The molecule has 1 aromatic heterocycles. The molecule has 6 nitrogen and oxygen atoms in total. The second-order valence-electron chi connectivity index (χ2n) is 6.59. The second-order valence-corrected chi connectivity index (χ2v) is 8.56. The van der Waals surface area contributed by atoms with Gasteiger partial charge in [-0.3, -0.25) is 4.31 Å². The van der Waals surface area contributed by atoms with Crippen LogP contribution in [0.3, 0.4) is 0 Å². The number of rotatable bonds is 3. The molecular weight excluding hydrogens is 348 g/mol. The van der Waals surface area contributed by atoms with Crippen molar-refractivity contribution in [3.05, 3.63) is 59.4 Å². The fraction of sp³-hybridized carbons (Fsp3) is 0.263. The zero-order valence-electron chi connectivity index (χ0n) is 15.0. The Labute approximate surface area is 153 Å². The lowest BCUT2D eigenvalue weighted by Crippen LogP contribution is -2.28. The van der Waals surface area contributed by atoms with E-state index in [9.17, 15) is 8.42 Å². The second kappa shape index (κ2) is 5.95. The van der Waals surface area contributed by atoms with Gasteiger partial charge in [-0.1, -0.05) is 23.8 Å². The van der Waals surface area contributed by atoms with Crippen molar-refractivity contribution in [2.45, 2.75) is 31.7 Å². The Morgan fingerprint density at radius 2 is 1.81 bits per heavy atom. The van der Waals surface area contributed by atoms with E-state index in [0.717, 1.165) is 35.5 Å². The first-order valence-electron chi connectivity index (χ1n) is 8.46. The average molecular weight is 368 g/mol. The number of benzene rings is 2. The monoisotopic (exact) mass is 368 g/mol. The summed E-state index contributed by atoms with van der Waals surface area (Å²) in [5.41, 5.74) is 4.73. The number of aryl methyl sites for hydroxylation is 3. The van der Waals surface area contributed by atoms with Crippen LogP contribution in [0.25, 0.3) is 11.4 Å². The first-order chi connectivity index (χ1) is 12.4. The predicted molar refractivity (Wildman–Crippen MR) is 101 cm³/mol. The highest BCUT2D eigenvalue weighted by molar-refractivity contribution is 7.92. The molecule has 0 bridgehead atoms. The summed E-state index contributed by atoms with van der Waals surface area (Å²) in [4.78, 5) is 4.66. The van der Waals surface area contributed by atoms with Crippen molar-refractivity contribution in [3.8, 4) is 11.4 Å². The van der Waals surface area contributed by atoms with E-state index < -0.39 is 10.0 Å². The van der Waals surface area contributed by atoms with Crippen LogP contribution >= 0.6 is 0 Å². The van der Waals surface area contributed by atoms with Gasteiger partial charge in [0.05, 0.1) is 10.6 Å². The van der Waals surface area contributed by atoms with Gasteiger partial charge >= 0.3 is 0 Å². The maximum Gasteiger partial charge on any atom is 0.264 e. The molecule has 0 aliphatic carbocycles. The van der Waals surface area contributed by atoms with Crippen molar-refractivity contribution in [2.24, 2.45) is 0 Å². The van der Waals surface area contributed by atoms with E-state index in [0.29, 0.717) is 5.69 Å². The molecule has 0 N–H and O–H groups in total. The first kappa shape index (κ1) is 16.8. The molecule has 0 fully saturated rings. The number of fused-ring (bicyclic) bond motifs is 3. The maximum absolute atomic E-state index is 13.1. The molecule has 26 heavy (non-hydrogen) atoms. The van der Waals surface area contributed by atoms with Crippen LogP contribution in [0.15, 0.2) is 47.6 Å². The molecule has 0 unspecified atom stereocenters. The van der Waals surface area contributed by atoms with Gasteiger partial charge in [-0.05, 0) is 49.6 Å². The third kappa shape index (κ3) is 2.50. The van der Waals surface area contributed by atoms with Gasteiger partial charge in [0, 0.05) is 19.2 Å². The lowest BCUT2D eigenvalue weighted by molar-refractivity contribution is 0.594. The van der Waals surface area contributed by atoms with Gasteiger partial charge in [0.15, 0.2) is 5.82 Å². The average Bonchev–Trinajstić information content (AvgIpc) is 3.10. The van der Waals surface area contributed by atoms with Gasteiger partial charge in [0.2, 0.25) is 0 Å². The summed E-state index contributed by atoms with van der Waals surface area (Å²) in [5.74, 6) is 0.798. The molecule has 2 heterocycles. The first-order valence-corrected chi connectivity index (χ1v) is 9.90. The minimum atomic E-state index is -3.63. The zero-order valence-corrected chi connectivity index (χ0v) is 15.8. The third-order valence-corrected chi connectivity index (χ3v) is 6.76. The molecule has 1 aliphatic rings. The Balaban J connectivity index is 1.82. The summed E-state index contributed by atoms with van der Waals surface area (Å²) in [7, 11) is -2.04. The number of anilines is 1. The minimum absolute atomic E-state index is 0.283. The van der Waals surface area contributed by atoms with Crippen LogP contribution in [0.4, 0.5) is 5.69 Å². The van der Waals surface area contributed by atoms with Crippen LogP contribution in [0.1, 0.15) is 16.7 Å². The van der Waals surface area contributed by atoms with Crippen LogP contribution < -0.4 is 4.31 Å². The highest BCUT2D eigenvalue weighted by Crippen LogP contribution is 2.36. The lowest BCUT2D eigenvalue weighted by atomic mass is 9.95. The highest BCUT2D eigenvalue weighted by Gasteiger charge is 2.27. The molecule has 0 saturated carbocycles. The highest BCUT2D eigenvalue weighted by atomic mass is 32.2. The van der Waals surface area contributed by atoms with Crippen molar-refractivity contribution in [1.29, 1.82) is 0 Å². The van der Waals surface area contributed by atoms with E-state index in [-0.39, 0.29) is 4.90 Å². The third-order valence-electron chi connectivity index (χ3n) is 4.97. The quantitative estimate of drug-likeness (QED) is 0.713. The molecular formula is C19H20N4O2S. The smallest absolute Gasteiger partial charge is 0.264 e. The van der Waals surface area contributed by atoms with Gasteiger partial charge in [0.25, 0.3) is 10.0 Å². The van der Waals surface area contributed by atoms with Crippen molar-refractivity contribution in [3.63, 3.8) is 0 Å². The van der Waals surface area contributed by atoms with E-state index in [1.54, 1.807) is 25.5 Å². The van der Waals surface area contributed by atoms with E-state index in [1.807, 2.05) is 42.8 Å². The van der Waals surface area contributed by atoms with Gasteiger partial charge < -0.3 is 0 Å². The van der Waals surface area contributed by atoms with Crippen molar-refractivity contribution in [1.82, 2.24) is 14.8 Å². The topological polar surface area (TPSA) is 68.1 Å². The van der Waals surface area contributed by atoms with Gasteiger partial charge in [-0.25, -0.2) is 18.1 Å². The van der Waals surface area contributed by atoms with Crippen molar-refractivity contribution in [2.75, 3.05) is 11.4 Å². The SMILES string of the molecule is Cc1ccc(S(=O)(=O)N(C)c2ccc3c(c2C)-c2ncnn2CC3)cc1. The predicted octanol–water partition coefficient (Wildman–Crippen LogP) is 2.94. The van der Waals surface area contributed by atoms with E-state index in [4.69, 9.17) is 0 Å². The summed E-state index contributed by atoms with van der Waals surface area (Å²) >= 11 is 0. The number of hydrogen-bond acceptors (Lipinski definition) is 4. The molecule has 134 valence electrons. The largest absolute Gasteiger partial charge is 0.269 e. The molecule has 3 aromatic rings. The fourth-order valence-corrected chi connectivity index (χ4v) is 4.72. The van der Waals surface area contributed by atoms with Crippen LogP contribution in [0.5, 0.6) is 0 Å². The summed E-state index contributed by atoms with van der Waals surface area (Å²) in [6, 6.07) is 10.8.